The number of hydrogen-bond donors (Lipinski definition) is 4. The largest absolute Gasteiger partial charge is 0.461 e. The molecule has 0 aliphatic heterocycles. The number of benzene rings is 1. The molecule has 0 radical (unpaired) electrons. The summed E-state index contributed by atoms with van der Waals surface area (Å²) in [5, 5.41) is 29.7. The highest BCUT2D eigenvalue weighted by atomic mass is 16.5. The van der Waals surface area contributed by atoms with Gasteiger partial charge in [0.05, 0.1) is 25.7 Å². The zero-order valence-electron chi connectivity index (χ0n) is 15.1. The summed E-state index contributed by atoms with van der Waals surface area (Å²) in [6.07, 6.45) is 2.60. The van der Waals surface area contributed by atoms with Gasteiger partial charge in [0.2, 0.25) is 5.91 Å². The Morgan fingerprint density at radius 1 is 1.04 bits per heavy atom. The fourth-order valence-electron chi connectivity index (χ4n) is 2.50. The maximum atomic E-state index is 12.3. The summed E-state index contributed by atoms with van der Waals surface area (Å²) in [5.74, 6) is -2.47. The number of rotatable bonds is 12. The Morgan fingerprint density at radius 3 is 2.23 bits per heavy atom. The van der Waals surface area contributed by atoms with E-state index in [1.807, 2.05) is 37.3 Å². The number of nitrogens with one attached hydrogen (secondary N) is 1. The summed E-state index contributed by atoms with van der Waals surface area (Å²) in [5.41, 5.74) is 1.14. The van der Waals surface area contributed by atoms with Crippen molar-refractivity contribution in [2.24, 2.45) is 5.92 Å². The number of aryl methyl sites for hydroxylation is 1. The summed E-state index contributed by atoms with van der Waals surface area (Å²) in [6.45, 7) is 0.267. The van der Waals surface area contributed by atoms with Crippen molar-refractivity contribution in [2.75, 3.05) is 19.8 Å². The molecule has 7 heteroatoms. The van der Waals surface area contributed by atoms with E-state index in [1.165, 1.54) is 0 Å². The van der Waals surface area contributed by atoms with E-state index >= 15 is 0 Å². The molecular formula is C19H29NO6. The molecule has 0 fully saturated rings. The van der Waals surface area contributed by atoms with E-state index in [-0.39, 0.29) is 6.10 Å². The fourth-order valence-corrected chi connectivity index (χ4v) is 2.50. The van der Waals surface area contributed by atoms with Crippen molar-refractivity contribution < 1.29 is 29.6 Å². The van der Waals surface area contributed by atoms with Crippen molar-refractivity contribution in [3.05, 3.63) is 35.9 Å². The molecule has 0 spiro atoms. The van der Waals surface area contributed by atoms with Gasteiger partial charge in [0.15, 0.2) is 6.04 Å². The molecule has 1 aromatic carbocycles. The molecular weight excluding hydrogens is 338 g/mol. The molecule has 0 aliphatic rings. The van der Waals surface area contributed by atoms with Crippen molar-refractivity contribution in [3.8, 4) is 0 Å². The van der Waals surface area contributed by atoms with Crippen LogP contribution < -0.4 is 5.32 Å². The van der Waals surface area contributed by atoms with E-state index in [9.17, 15) is 14.7 Å². The maximum Gasteiger partial charge on any atom is 0.331 e. The quantitative estimate of drug-likeness (QED) is 0.398. The molecule has 1 rings (SSSR count). The highest BCUT2D eigenvalue weighted by Crippen LogP contribution is 2.13. The number of carbonyl (C=O) groups excluding carboxylic acids is 2. The molecule has 26 heavy (non-hydrogen) atoms. The third kappa shape index (κ3) is 7.51. The minimum Gasteiger partial charge on any atom is -0.461 e. The fraction of sp³-hybridized carbons (Fsp3) is 0.579. The van der Waals surface area contributed by atoms with Gasteiger partial charge in [0, 0.05) is 0 Å². The number of carbonyl (C=O) groups is 2. The lowest BCUT2D eigenvalue weighted by Gasteiger charge is -2.22. The molecule has 0 saturated heterocycles. The summed E-state index contributed by atoms with van der Waals surface area (Å²) in [4.78, 5) is 24.1. The van der Waals surface area contributed by atoms with Crippen molar-refractivity contribution in [1.82, 2.24) is 5.32 Å². The Kier molecular flexibility index (Phi) is 10.5. The lowest BCUT2D eigenvalue weighted by molar-refractivity contribution is -0.155. The van der Waals surface area contributed by atoms with Crippen LogP contribution in [0.25, 0.3) is 0 Å². The molecule has 0 aliphatic carbocycles. The first-order valence-corrected chi connectivity index (χ1v) is 8.93. The number of ether oxygens (including phenoxy) is 1. The van der Waals surface area contributed by atoms with Gasteiger partial charge in [0.25, 0.3) is 0 Å². The lowest BCUT2D eigenvalue weighted by Crippen LogP contribution is -2.48. The lowest BCUT2D eigenvalue weighted by atomic mass is 10.0. The van der Waals surface area contributed by atoms with Gasteiger partial charge in [-0.15, -0.1) is 0 Å². The zero-order valence-corrected chi connectivity index (χ0v) is 15.1. The second-order valence-corrected chi connectivity index (χ2v) is 6.18. The van der Waals surface area contributed by atoms with Crippen LogP contribution in [0.15, 0.2) is 30.3 Å². The second kappa shape index (κ2) is 12.4. The summed E-state index contributed by atoms with van der Waals surface area (Å²) in [7, 11) is 0. The first kappa shape index (κ1) is 22.1. The number of hydrogen-bond acceptors (Lipinski definition) is 6. The van der Waals surface area contributed by atoms with Gasteiger partial charge in [0.1, 0.15) is 6.10 Å². The second-order valence-electron chi connectivity index (χ2n) is 6.18. The zero-order chi connectivity index (χ0) is 19.4. The minimum atomic E-state index is -1.22. The van der Waals surface area contributed by atoms with Crippen LogP contribution >= 0.6 is 0 Å². The van der Waals surface area contributed by atoms with Crippen molar-refractivity contribution in [3.63, 3.8) is 0 Å². The Hall–Kier alpha value is -1.96. The predicted molar refractivity (Wildman–Crippen MR) is 96.2 cm³/mol. The third-order valence-electron chi connectivity index (χ3n) is 4.09. The standard InChI is InChI=1S/C19H29NO6/c1-2-6-16(10-9-14-7-4-3-5-8-14)26-19(25)17(13-23)20-18(24)15(11-21)12-22/h3-5,7-8,15-17,21-23H,2,6,9-13H2,1H3,(H,20,24)/t16-,17?/m1/s1. The van der Waals surface area contributed by atoms with Gasteiger partial charge in [-0.2, -0.15) is 0 Å². The minimum absolute atomic E-state index is 0.315. The van der Waals surface area contributed by atoms with Crippen molar-refractivity contribution >= 4 is 11.9 Å². The Morgan fingerprint density at radius 2 is 1.69 bits per heavy atom. The van der Waals surface area contributed by atoms with Crippen LogP contribution in [0.1, 0.15) is 31.7 Å². The average molecular weight is 367 g/mol. The average Bonchev–Trinajstić information content (AvgIpc) is 2.66. The SMILES string of the molecule is CCC[C@H](CCc1ccccc1)OC(=O)C(CO)NC(=O)C(CO)CO. The van der Waals surface area contributed by atoms with Crippen molar-refractivity contribution in [1.29, 1.82) is 0 Å². The molecule has 0 saturated carbocycles. The molecule has 1 unspecified atom stereocenters. The van der Waals surface area contributed by atoms with Crippen LogP contribution in [-0.4, -0.2) is 59.2 Å². The molecule has 2 atom stereocenters. The Bertz CT molecular complexity index is 532. The maximum absolute atomic E-state index is 12.3. The predicted octanol–water partition coefficient (Wildman–Crippen LogP) is 0.409. The first-order chi connectivity index (χ1) is 12.5. The summed E-state index contributed by atoms with van der Waals surface area (Å²) in [6, 6.07) is 8.63. The van der Waals surface area contributed by atoms with Gasteiger partial charge in [-0.3, -0.25) is 4.79 Å². The molecule has 1 amide bonds. The molecule has 7 nitrogen and oxygen atoms in total. The Balaban J connectivity index is 2.61. The monoisotopic (exact) mass is 367 g/mol. The van der Waals surface area contributed by atoms with Crippen LogP contribution in [0.3, 0.4) is 0 Å². The Labute approximate surface area is 154 Å². The van der Waals surface area contributed by atoms with Crippen LogP contribution in [0.4, 0.5) is 0 Å². The normalized spacial score (nSPS) is 13.3. The smallest absolute Gasteiger partial charge is 0.331 e. The third-order valence-corrected chi connectivity index (χ3v) is 4.09. The van der Waals surface area contributed by atoms with Gasteiger partial charge < -0.3 is 25.4 Å². The number of amides is 1. The topological polar surface area (TPSA) is 116 Å². The van der Waals surface area contributed by atoms with Gasteiger partial charge >= 0.3 is 5.97 Å². The van der Waals surface area contributed by atoms with Gasteiger partial charge in [-0.1, -0.05) is 43.7 Å². The molecule has 146 valence electrons. The van der Waals surface area contributed by atoms with Crippen LogP contribution in [0.5, 0.6) is 0 Å². The molecule has 0 aromatic heterocycles. The van der Waals surface area contributed by atoms with E-state index in [0.29, 0.717) is 12.8 Å². The van der Waals surface area contributed by atoms with Gasteiger partial charge in [-0.05, 0) is 24.8 Å². The molecule has 4 N–H and O–H groups in total. The van der Waals surface area contributed by atoms with Gasteiger partial charge in [-0.25, -0.2) is 4.79 Å². The highest BCUT2D eigenvalue weighted by Gasteiger charge is 2.27. The van der Waals surface area contributed by atoms with E-state index in [4.69, 9.17) is 14.9 Å². The van der Waals surface area contributed by atoms with E-state index in [2.05, 4.69) is 5.32 Å². The summed E-state index contributed by atoms with van der Waals surface area (Å²) < 4.78 is 5.47. The summed E-state index contributed by atoms with van der Waals surface area (Å²) >= 11 is 0. The molecule has 0 heterocycles. The molecule has 0 bridgehead atoms. The number of esters is 1. The van der Waals surface area contributed by atoms with E-state index in [1.54, 1.807) is 0 Å². The van der Waals surface area contributed by atoms with E-state index in [0.717, 1.165) is 18.4 Å². The van der Waals surface area contributed by atoms with Crippen LogP contribution in [-0.2, 0) is 20.7 Å². The van der Waals surface area contributed by atoms with Crippen LogP contribution in [0, 0.1) is 5.92 Å². The van der Waals surface area contributed by atoms with Crippen molar-refractivity contribution in [2.45, 2.75) is 44.8 Å². The van der Waals surface area contributed by atoms with E-state index < -0.39 is 43.7 Å². The molecule has 1 aromatic rings. The highest BCUT2D eigenvalue weighted by molar-refractivity contribution is 5.86. The first-order valence-electron chi connectivity index (χ1n) is 8.93. The number of aliphatic hydroxyl groups is 3. The number of aliphatic hydroxyl groups excluding tert-OH is 3. The van der Waals surface area contributed by atoms with Crippen LogP contribution in [0.2, 0.25) is 0 Å².